The lowest BCUT2D eigenvalue weighted by Gasteiger charge is -2.04. The van der Waals surface area contributed by atoms with Gasteiger partial charge in [0.2, 0.25) is 0 Å². The lowest BCUT2D eigenvalue weighted by Crippen LogP contribution is -2.12. The zero-order valence-electron chi connectivity index (χ0n) is 6.38. The molecule has 3 nitrogen and oxygen atoms in total. The predicted molar refractivity (Wildman–Crippen MR) is 43.2 cm³/mol. The lowest BCUT2D eigenvalue weighted by molar-refractivity contribution is 0.332. The van der Waals surface area contributed by atoms with E-state index in [1.165, 1.54) is 12.1 Å². The summed E-state index contributed by atoms with van der Waals surface area (Å²) in [6.07, 6.45) is 0. The summed E-state index contributed by atoms with van der Waals surface area (Å²) in [7, 11) is 0. The summed E-state index contributed by atoms with van der Waals surface area (Å²) in [5, 5.41) is 0. The Kier molecular flexibility index (Phi) is 1.44. The zero-order valence-corrected chi connectivity index (χ0v) is 6.38. The normalized spacial score (nSPS) is 20.3. The fraction of sp³-hybridized carbons (Fsp3) is 0.250. The second kappa shape index (κ2) is 2.35. The number of ether oxygens (including phenoxy) is 1. The van der Waals surface area contributed by atoms with Gasteiger partial charge in [-0.2, -0.15) is 0 Å². The lowest BCUT2D eigenvalue weighted by atomic mass is 10.1. The van der Waals surface area contributed by atoms with Crippen molar-refractivity contribution in [1.82, 2.24) is 0 Å². The summed E-state index contributed by atoms with van der Waals surface area (Å²) in [4.78, 5) is 0. The summed E-state index contributed by atoms with van der Waals surface area (Å²) in [6, 6.07) is 2.34. The molecule has 0 saturated heterocycles. The molecule has 0 fully saturated rings. The first-order chi connectivity index (χ1) is 5.68. The Morgan fingerprint density at radius 1 is 1.50 bits per heavy atom. The van der Waals surface area contributed by atoms with Crippen molar-refractivity contribution >= 4 is 5.69 Å². The molecule has 64 valence electrons. The Balaban J connectivity index is 2.60. The number of hydrogen-bond acceptors (Lipinski definition) is 3. The van der Waals surface area contributed by atoms with E-state index in [9.17, 15) is 4.39 Å². The van der Waals surface area contributed by atoms with Crippen LogP contribution in [-0.2, 0) is 0 Å². The number of anilines is 1. The third kappa shape index (κ3) is 0.921. The van der Waals surface area contributed by atoms with Gasteiger partial charge in [-0.1, -0.05) is 0 Å². The molecule has 1 atom stereocenters. The highest BCUT2D eigenvalue weighted by atomic mass is 19.1. The van der Waals surface area contributed by atoms with Gasteiger partial charge in [0, 0.05) is 17.3 Å². The van der Waals surface area contributed by atoms with E-state index < -0.39 is 0 Å². The first-order valence-corrected chi connectivity index (χ1v) is 3.66. The Morgan fingerprint density at radius 2 is 2.25 bits per heavy atom. The second-order valence-corrected chi connectivity index (χ2v) is 2.82. The van der Waals surface area contributed by atoms with Gasteiger partial charge in [0.15, 0.2) is 0 Å². The largest absolute Gasteiger partial charge is 0.491 e. The van der Waals surface area contributed by atoms with Gasteiger partial charge in [-0.25, -0.2) is 4.39 Å². The molecule has 0 amide bonds. The van der Waals surface area contributed by atoms with Crippen LogP contribution >= 0.6 is 0 Å². The Morgan fingerprint density at radius 3 is 3.00 bits per heavy atom. The fourth-order valence-electron chi connectivity index (χ4n) is 1.39. The summed E-state index contributed by atoms with van der Waals surface area (Å²) >= 11 is 0. The standard InChI is InChI=1S/C8H9FN2O/c9-4-1-5(10)8-6(11)3-12-7(8)2-4/h1-2,6H,3,10-11H2. The van der Waals surface area contributed by atoms with Crippen molar-refractivity contribution in [3.63, 3.8) is 0 Å². The minimum atomic E-state index is -0.389. The van der Waals surface area contributed by atoms with Crippen molar-refractivity contribution in [2.24, 2.45) is 5.73 Å². The van der Waals surface area contributed by atoms with Gasteiger partial charge >= 0.3 is 0 Å². The van der Waals surface area contributed by atoms with Crippen LogP contribution in [0, 0.1) is 5.82 Å². The third-order valence-corrected chi connectivity index (χ3v) is 1.93. The summed E-state index contributed by atoms with van der Waals surface area (Å²) in [5.74, 6) is 0.0837. The molecule has 0 aliphatic carbocycles. The van der Waals surface area contributed by atoms with E-state index in [2.05, 4.69) is 0 Å². The van der Waals surface area contributed by atoms with Gasteiger partial charge in [-0.05, 0) is 6.07 Å². The third-order valence-electron chi connectivity index (χ3n) is 1.93. The van der Waals surface area contributed by atoms with Crippen LogP contribution in [0.3, 0.4) is 0 Å². The first kappa shape index (κ1) is 7.36. The van der Waals surface area contributed by atoms with E-state index in [0.717, 1.165) is 5.56 Å². The minimum Gasteiger partial charge on any atom is -0.491 e. The molecule has 1 aromatic carbocycles. The molecule has 2 rings (SSSR count). The molecule has 0 radical (unpaired) electrons. The molecule has 1 unspecified atom stereocenters. The van der Waals surface area contributed by atoms with Crippen LogP contribution < -0.4 is 16.2 Å². The number of nitrogens with two attached hydrogens (primary N) is 2. The molecule has 0 bridgehead atoms. The van der Waals surface area contributed by atoms with Gasteiger partial charge in [0.25, 0.3) is 0 Å². The maximum absolute atomic E-state index is 12.7. The van der Waals surface area contributed by atoms with E-state index in [1.54, 1.807) is 0 Å². The molecule has 4 heteroatoms. The topological polar surface area (TPSA) is 61.3 Å². The van der Waals surface area contributed by atoms with Crippen LogP contribution in [0.1, 0.15) is 11.6 Å². The monoisotopic (exact) mass is 168 g/mol. The van der Waals surface area contributed by atoms with Crippen molar-refractivity contribution in [2.45, 2.75) is 6.04 Å². The maximum atomic E-state index is 12.7. The van der Waals surface area contributed by atoms with Gasteiger partial charge < -0.3 is 16.2 Å². The molecule has 1 aliphatic rings. The molecule has 0 spiro atoms. The van der Waals surface area contributed by atoms with Gasteiger partial charge in [0.1, 0.15) is 18.2 Å². The van der Waals surface area contributed by atoms with Crippen molar-refractivity contribution in [3.05, 3.63) is 23.5 Å². The molecule has 1 aliphatic heterocycles. The Hall–Kier alpha value is -1.29. The highest BCUT2D eigenvalue weighted by molar-refractivity contribution is 5.57. The predicted octanol–water partition coefficient (Wildman–Crippen LogP) is 0.800. The SMILES string of the molecule is Nc1cc(F)cc2c1C(N)CO2. The van der Waals surface area contributed by atoms with Gasteiger partial charge in [0.05, 0.1) is 6.04 Å². The van der Waals surface area contributed by atoms with E-state index in [-0.39, 0.29) is 11.9 Å². The van der Waals surface area contributed by atoms with E-state index in [0.29, 0.717) is 18.0 Å². The highest BCUT2D eigenvalue weighted by Gasteiger charge is 2.23. The van der Waals surface area contributed by atoms with Gasteiger partial charge in [-0.15, -0.1) is 0 Å². The molecule has 12 heavy (non-hydrogen) atoms. The average Bonchev–Trinajstić information content (AvgIpc) is 2.31. The van der Waals surface area contributed by atoms with E-state index >= 15 is 0 Å². The number of halogens is 1. The fourth-order valence-corrected chi connectivity index (χ4v) is 1.39. The molecular formula is C8H9FN2O. The quantitative estimate of drug-likeness (QED) is 0.563. The summed E-state index contributed by atoms with van der Waals surface area (Å²) in [5.41, 5.74) is 12.3. The van der Waals surface area contributed by atoms with Crippen molar-refractivity contribution in [1.29, 1.82) is 0 Å². The second-order valence-electron chi connectivity index (χ2n) is 2.82. The van der Waals surface area contributed by atoms with Crippen LogP contribution in [-0.4, -0.2) is 6.61 Å². The zero-order chi connectivity index (χ0) is 8.72. The smallest absolute Gasteiger partial charge is 0.129 e. The summed E-state index contributed by atoms with van der Waals surface area (Å²) < 4.78 is 17.9. The molecule has 0 aromatic heterocycles. The maximum Gasteiger partial charge on any atom is 0.129 e. The number of hydrogen-bond donors (Lipinski definition) is 2. The highest BCUT2D eigenvalue weighted by Crippen LogP contribution is 2.35. The molecule has 1 aromatic rings. The average molecular weight is 168 g/mol. The Labute approximate surface area is 69.1 Å². The van der Waals surface area contributed by atoms with Crippen LogP contribution in [0.5, 0.6) is 5.75 Å². The molecule has 1 heterocycles. The Bertz CT molecular complexity index is 327. The van der Waals surface area contributed by atoms with E-state index in [1.807, 2.05) is 0 Å². The minimum absolute atomic E-state index is 0.222. The molecule has 4 N–H and O–H groups in total. The summed E-state index contributed by atoms with van der Waals surface area (Å²) in [6.45, 7) is 0.378. The van der Waals surface area contributed by atoms with Crippen molar-refractivity contribution in [3.8, 4) is 5.75 Å². The van der Waals surface area contributed by atoms with Crippen molar-refractivity contribution in [2.75, 3.05) is 12.3 Å². The van der Waals surface area contributed by atoms with Crippen molar-refractivity contribution < 1.29 is 9.13 Å². The number of benzene rings is 1. The number of fused-ring (bicyclic) bond motifs is 1. The van der Waals surface area contributed by atoms with Crippen LogP contribution in [0.2, 0.25) is 0 Å². The molecule has 0 saturated carbocycles. The first-order valence-electron chi connectivity index (χ1n) is 3.66. The van der Waals surface area contributed by atoms with Crippen LogP contribution in [0.25, 0.3) is 0 Å². The molecular weight excluding hydrogens is 159 g/mol. The van der Waals surface area contributed by atoms with Crippen LogP contribution in [0.4, 0.5) is 10.1 Å². The number of nitrogen functional groups attached to an aromatic ring is 1. The van der Waals surface area contributed by atoms with E-state index in [4.69, 9.17) is 16.2 Å². The number of rotatable bonds is 0. The van der Waals surface area contributed by atoms with Crippen LogP contribution in [0.15, 0.2) is 12.1 Å². The van der Waals surface area contributed by atoms with Gasteiger partial charge in [-0.3, -0.25) is 0 Å².